The van der Waals surface area contributed by atoms with Crippen LogP contribution in [0.2, 0.25) is 10.0 Å². The molecule has 1 aliphatic heterocycles. The summed E-state index contributed by atoms with van der Waals surface area (Å²) in [6, 6.07) is 3.00. The predicted molar refractivity (Wildman–Crippen MR) is 118 cm³/mol. The minimum atomic E-state index is -0.846. The molecule has 0 bridgehead atoms. The molecule has 0 amide bonds. The highest BCUT2D eigenvalue weighted by Gasteiger charge is 2.40. The van der Waals surface area contributed by atoms with Crippen LogP contribution in [0, 0.1) is 5.82 Å². The van der Waals surface area contributed by atoms with Crippen molar-refractivity contribution in [2.45, 2.75) is 51.0 Å². The number of carbonyl (C=O) groups excluding carboxylic acids is 2. The maximum Gasteiger partial charge on any atom is 0.305 e. The number of rotatable bonds is 6. The van der Waals surface area contributed by atoms with Gasteiger partial charge in [-0.25, -0.2) is 4.39 Å². The molecule has 31 heavy (non-hydrogen) atoms. The second-order valence-corrected chi connectivity index (χ2v) is 9.70. The van der Waals surface area contributed by atoms with E-state index in [0.717, 1.165) is 41.0 Å². The largest absolute Gasteiger partial charge is 0.469 e. The first kappa shape index (κ1) is 22.2. The van der Waals surface area contributed by atoms with E-state index in [-0.39, 0.29) is 28.7 Å². The van der Waals surface area contributed by atoms with Crippen LogP contribution < -0.4 is 0 Å². The van der Waals surface area contributed by atoms with Crippen molar-refractivity contribution in [3.8, 4) is 0 Å². The minimum Gasteiger partial charge on any atom is -0.469 e. The lowest BCUT2D eigenvalue weighted by atomic mass is 9.90. The SMILES string of the molecule is COC(=O)CCC(=O)c1sc(C2=NOC(C)(c3cc(Cl)c(F)c(Cl)c3)C2)c2c1CCC2. The van der Waals surface area contributed by atoms with E-state index in [9.17, 15) is 14.0 Å². The number of ether oxygens (including phenoxy) is 1. The van der Waals surface area contributed by atoms with E-state index in [4.69, 9.17) is 28.0 Å². The van der Waals surface area contributed by atoms with Crippen LogP contribution in [0.4, 0.5) is 4.39 Å². The Kier molecular flexibility index (Phi) is 6.12. The quantitative estimate of drug-likeness (QED) is 0.293. The Morgan fingerprint density at radius 2 is 1.90 bits per heavy atom. The van der Waals surface area contributed by atoms with Crippen molar-refractivity contribution in [1.29, 1.82) is 0 Å². The molecule has 2 aromatic rings. The molecule has 1 aromatic carbocycles. The topological polar surface area (TPSA) is 65.0 Å². The van der Waals surface area contributed by atoms with E-state index in [1.807, 2.05) is 6.92 Å². The van der Waals surface area contributed by atoms with Gasteiger partial charge < -0.3 is 9.57 Å². The zero-order chi connectivity index (χ0) is 22.3. The summed E-state index contributed by atoms with van der Waals surface area (Å²) in [4.78, 5) is 31.6. The van der Waals surface area contributed by atoms with Gasteiger partial charge in [-0.3, -0.25) is 9.59 Å². The van der Waals surface area contributed by atoms with Crippen LogP contribution in [-0.4, -0.2) is 24.6 Å². The third-order valence-corrected chi connectivity index (χ3v) is 7.64. The summed E-state index contributed by atoms with van der Waals surface area (Å²) in [7, 11) is 1.31. The van der Waals surface area contributed by atoms with E-state index in [0.29, 0.717) is 16.9 Å². The zero-order valence-corrected chi connectivity index (χ0v) is 19.3. The third kappa shape index (κ3) is 4.11. The van der Waals surface area contributed by atoms with E-state index in [1.165, 1.54) is 30.6 Å². The number of ketones is 1. The third-order valence-electron chi connectivity index (χ3n) is 5.73. The van der Waals surface area contributed by atoms with Crippen LogP contribution in [0.15, 0.2) is 17.3 Å². The molecular weight excluding hydrogens is 464 g/mol. The molecule has 0 saturated heterocycles. The monoisotopic (exact) mass is 483 g/mol. The normalized spacial score (nSPS) is 19.7. The molecule has 1 unspecified atom stereocenters. The first-order chi connectivity index (χ1) is 14.7. The number of Topliss-reactive ketones (excluding diaryl/α,β-unsaturated/α-hetero) is 1. The van der Waals surface area contributed by atoms with Crippen LogP contribution in [0.5, 0.6) is 0 Å². The number of halogens is 3. The first-order valence-electron chi connectivity index (χ1n) is 9.88. The lowest BCUT2D eigenvalue weighted by Crippen LogP contribution is -2.22. The molecule has 164 valence electrons. The van der Waals surface area contributed by atoms with Crippen LogP contribution in [0.3, 0.4) is 0 Å². The lowest BCUT2D eigenvalue weighted by molar-refractivity contribution is -0.140. The predicted octanol–water partition coefficient (Wildman–Crippen LogP) is 5.86. The minimum absolute atomic E-state index is 0.0563. The van der Waals surface area contributed by atoms with E-state index in [1.54, 1.807) is 0 Å². The van der Waals surface area contributed by atoms with Gasteiger partial charge in [-0.05, 0) is 49.4 Å². The van der Waals surface area contributed by atoms with Gasteiger partial charge in [0.15, 0.2) is 17.2 Å². The van der Waals surface area contributed by atoms with Crippen molar-refractivity contribution in [3.63, 3.8) is 0 Å². The Labute approximate surface area is 193 Å². The van der Waals surface area contributed by atoms with Crippen LogP contribution in [-0.2, 0) is 32.8 Å². The Balaban J connectivity index is 1.60. The van der Waals surface area contributed by atoms with Crippen molar-refractivity contribution in [2.24, 2.45) is 5.16 Å². The van der Waals surface area contributed by atoms with Crippen molar-refractivity contribution in [3.05, 3.63) is 54.4 Å². The van der Waals surface area contributed by atoms with Gasteiger partial charge in [-0.15, -0.1) is 11.3 Å². The second-order valence-electron chi connectivity index (χ2n) is 7.86. The van der Waals surface area contributed by atoms with Gasteiger partial charge in [0.25, 0.3) is 0 Å². The summed E-state index contributed by atoms with van der Waals surface area (Å²) in [5.74, 6) is -1.12. The Bertz CT molecular complexity index is 1090. The van der Waals surface area contributed by atoms with Crippen molar-refractivity contribution < 1.29 is 23.6 Å². The highest BCUT2D eigenvalue weighted by molar-refractivity contribution is 7.16. The highest BCUT2D eigenvalue weighted by atomic mass is 35.5. The molecular formula is C22H20Cl2FNO4S. The molecule has 0 spiro atoms. The maximum atomic E-state index is 13.8. The number of hydrogen-bond donors (Lipinski definition) is 0. The van der Waals surface area contributed by atoms with Crippen LogP contribution in [0.1, 0.15) is 63.8 Å². The number of fused-ring (bicyclic) bond motifs is 1. The summed E-state index contributed by atoms with van der Waals surface area (Å²) in [5, 5.41) is 4.17. The second kappa shape index (κ2) is 8.52. The maximum absolute atomic E-state index is 13.8. The fraction of sp³-hybridized carbons (Fsp3) is 0.409. The van der Waals surface area contributed by atoms with Gasteiger partial charge in [-0.1, -0.05) is 28.4 Å². The molecule has 0 radical (unpaired) electrons. The molecule has 1 atom stereocenters. The van der Waals surface area contributed by atoms with E-state index >= 15 is 0 Å². The standard InChI is InChI=1S/C22H20Cl2FNO4S/c1-22(11-8-14(23)19(25)15(24)9-11)10-16(26-30-22)20-12-4-3-5-13(12)21(31-20)17(27)6-7-18(28)29-2/h8-9H,3-7,10H2,1-2H3. The van der Waals surface area contributed by atoms with Crippen LogP contribution >= 0.6 is 34.5 Å². The molecule has 9 heteroatoms. The molecule has 2 aliphatic rings. The Hall–Kier alpha value is -1.96. The Morgan fingerprint density at radius 3 is 2.58 bits per heavy atom. The number of nitrogens with zero attached hydrogens (tertiary/aromatic N) is 1. The molecule has 0 fully saturated rings. The zero-order valence-electron chi connectivity index (χ0n) is 17.0. The summed E-state index contributed by atoms with van der Waals surface area (Å²) in [5.41, 5.74) is 2.72. The smallest absolute Gasteiger partial charge is 0.305 e. The highest BCUT2D eigenvalue weighted by Crippen LogP contribution is 2.43. The molecule has 0 N–H and O–H groups in total. The first-order valence-corrected chi connectivity index (χ1v) is 11.5. The van der Waals surface area contributed by atoms with E-state index < -0.39 is 17.4 Å². The fourth-order valence-electron chi connectivity index (χ4n) is 4.04. The molecule has 1 aromatic heterocycles. The molecule has 2 heterocycles. The van der Waals surface area contributed by atoms with Crippen molar-refractivity contribution in [1.82, 2.24) is 0 Å². The summed E-state index contributed by atoms with van der Waals surface area (Å²) in [6.07, 6.45) is 3.29. The van der Waals surface area contributed by atoms with Crippen molar-refractivity contribution >= 4 is 52.0 Å². The number of benzene rings is 1. The summed E-state index contributed by atoms with van der Waals surface area (Å²) < 4.78 is 18.5. The van der Waals surface area contributed by atoms with E-state index in [2.05, 4.69) is 9.89 Å². The average Bonchev–Trinajstić information content (AvgIpc) is 3.45. The van der Waals surface area contributed by atoms with Gasteiger partial charge in [-0.2, -0.15) is 0 Å². The molecule has 5 nitrogen and oxygen atoms in total. The van der Waals surface area contributed by atoms with Crippen LogP contribution in [0.25, 0.3) is 0 Å². The molecule has 0 saturated carbocycles. The fourth-order valence-corrected chi connectivity index (χ4v) is 5.87. The number of hydrogen-bond acceptors (Lipinski definition) is 6. The molecule has 4 rings (SSSR count). The van der Waals surface area contributed by atoms with Gasteiger partial charge in [0, 0.05) is 18.4 Å². The number of thiophene rings is 1. The van der Waals surface area contributed by atoms with Gasteiger partial charge in [0.2, 0.25) is 0 Å². The molecule has 1 aliphatic carbocycles. The number of carbonyl (C=O) groups is 2. The van der Waals surface area contributed by atoms with Crippen molar-refractivity contribution in [2.75, 3.05) is 7.11 Å². The Morgan fingerprint density at radius 1 is 1.23 bits per heavy atom. The number of methoxy groups -OCH3 is 1. The average molecular weight is 484 g/mol. The summed E-state index contributed by atoms with van der Waals surface area (Å²) in [6.45, 7) is 1.85. The number of esters is 1. The van der Waals surface area contributed by atoms with Gasteiger partial charge in [0.1, 0.15) is 5.71 Å². The lowest BCUT2D eigenvalue weighted by Gasteiger charge is -2.22. The van der Waals surface area contributed by atoms with Gasteiger partial charge in [0.05, 0.1) is 33.3 Å². The van der Waals surface area contributed by atoms with Gasteiger partial charge >= 0.3 is 5.97 Å². The summed E-state index contributed by atoms with van der Waals surface area (Å²) >= 11 is 13.3. The number of oxime groups is 1.